The number of hydrogen-bond acceptors (Lipinski definition) is 3. The lowest BCUT2D eigenvalue weighted by molar-refractivity contribution is 0.103. The van der Waals surface area contributed by atoms with Crippen LogP contribution in [0.5, 0.6) is 0 Å². The first-order valence-corrected chi connectivity index (χ1v) is 3.39. The summed E-state index contributed by atoms with van der Waals surface area (Å²) < 4.78 is 0. The van der Waals surface area contributed by atoms with Gasteiger partial charge in [-0.3, -0.25) is 4.79 Å². The van der Waals surface area contributed by atoms with E-state index in [2.05, 4.69) is 19.9 Å². The second-order valence-electron chi connectivity index (χ2n) is 2.26. The largest absolute Gasteiger partial charge is 0.342 e. The van der Waals surface area contributed by atoms with E-state index >= 15 is 0 Å². The van der Waals surface area contributed by atoms with Gasteiger partial charge in [-0.05, 0) is 0 Å². The van der Waals surface area contributed by atoms with E-state index in [0.29, 0.717) is 11.4 Å². The molecule has 0 saturated carbocycles. The molecule has 0 spiro atoms. The van der Waals surface area contributed by atoms with Gasteiger partial charge in [-0.25, -0.2) is 9.97 Å². The zero-order chi connectivity index (χ0) is 8.39. The first-order chi connectivity index (χ1) is 5.88. The van der Waals surface area contributed by atoms with Gasteiger partial charge >= 0.3 is 0 Å². The summed E-state index contributed by atoms with van der Waals surface area (Å²) in [4.78, 5) is 24.3. The van der Waals surface area contributed by atoms with Gasteiger partial charge in [0.15, 0.2) is 0 Å². The lowest BCUT2D eigenvalue weighted by Gasteiger charge is -1.90. The number of hydrogen-bond donors (Lipinski definition) is 2. The van der Waals surface area contributed by atoms with E-state index in [-0.39, 0.29) is 5.78 Å². The summed E-state index contributed by atoms with van der Waals surface area (Å²) >= 11 is 0. The van der Waals surface area contributed by atoms with Gasteiger partial charge in [-0.15, -0.1) is 0 Å². The average molecular weight is 162 g/mol. The molecule has 0 radical (unpaired) electrons. The lowest BCUT2D eigenvalue weighted by atomic mass is 10.2. The highest BCUT2D eigenvalue weighted by Gasteiger charge is 2.10. The van der Waals surface area contributed by atoms with E-state index in [4.69, 9.17) is 0 Å². The number of imidazole rings is 2. The predicted octanol–water partition coefficient (Wildman–Crippen LogP) is 0.364. The molecular weight excluding hydrogens is 156 g/mol. The number of aromatic nitrogens is 4. The van der Waals surface area contributed by atoms with Crippen molar-refractivity contribution in [3.63, 3.8) is 0 Å². The van der Waals surface area contributed by atoms with E-state index in [1.807, 2.05) is 0 Å². The Morgan fingerprint density at radius 3 is 1.92 bits per heavy atom. The minimum atomic E-state index is -0.134. The van der Waals surface area contributed by atoms with E-state index in [9.17, 15) is 4.79 Å². The highest BCUT2D eigenvalue weighted by atomic mass is 16.1. The summed E-state index contributed by atoms with van der Waals surface area (Å²) in [5.74, 6) is -0.134. The fourth-order valence-corrected chi connectivity index (χ4v) is 0.905. The van der Waals surface area contributed by atoms with E-state index < -0.39 is 0 Å². The number of H-pyrrole nitrogens is 2. The Balaban J connectivity index is 2.34. The quantitative estimate of drug-likeness (QED) is 0.626. The molecule has 2 aromatic heterocycles. The maximum absolute atomic E-state index is 11.4. The van der Waals surface area contributed by atoms with Crippen LogP contribution in [0.25, 0.3) is 0 Å². The number of rotatable bonds is 2. The van der Waals surface area contributed by atoms with Gasteiger partial charge in [0.1, 0.15) is 11.4 Å². The molecule has 0 aromatic carbocycles. The molecule has 60 valence electrons. The van der Waals surface area contributed by atoms with Crippen molar-refractivity contribution < 1.29 is 4.79 Å². The summed E-state index contributed by atoms with van der Waals surface area (Å²) in [6, 6.07) is 0. The lowest BCUT2D eigenvalue weighted by Crippen LogP contribution is -2.01. The van der Waals surface area contributed by atoms with Crippen LogP contribution in [0.1, 0.15) is 16.2 Å². The standard InChI is InChI=1S/C7H6N4O/c12-7(5-1-8-3-10-5)6-2-9-4-11-6/h1-4H,(H,8,10)(H,9,11). The maximum Gasteiger partial charge on any atom is 0.228 e. The van der Waals surface area contributed by atoms with Gasteiger partial charge in [0.2, 0.25) is 5.78 Å². The van der Waals surface area contributed by atoms with Crippen LogP contribution in [0.2, 0.25) is 0 Å². The van der Waals surface area contributed by atoms with Crippen LogP contribution in [0.4, 0.5) is 0 Å². The normalized spacial score (nSPS) is 10.0. The molecule has 0 aliphatic heterocycles. The Morgan fingerprint density at radius 1 is 1.08 bits per heavy atom. The minimum absolute atomic E-state index is 0.134. The van der Waals surface area contributed by atoms with E-state index in [0.717, 1.165) is 0 Å². The van der Waals surface area contributed by atoms with Crippen molar-refractivity contribution >= 4 is 5.78 Å². The Bertz CT molecular complexity index is 326. The number of nitrogens with one attached hydrogen (secondary N) is 2. The molecule has 0 saturated heterocycles. The zero-order valence-corrected chi connectivity index (χ0v) is 6.11. The zero-order valence-electron chi connectivity index (χ0n) is 6.11. The summed E-state index contributed by atoms with van der Waals surface area (Å²) in [5, 5.41) is 0. The molecule has 0 amide bonds. The summed E-state index contributed by atoms with van der Waals surface area (Å²) in [6.45, 7) is 0. The highest BCUT2D eigenvalue weighted by Crippen LogP contribution is 2.01. The molecule has 0 bridgehead atoms. The van der Waals surface area contributed by atoms with Gasteiger partial charge in [0, 0.05) is 0 Å². The Hall–Kier alpha value is -1.91. The number of ketones is 1. The van der Waals surface area contributed by atoms with E-state index in [1.165, 1.54) is 25.0 Å². The van der Waals surface area contributed by atoms with Crippen LogP contribution in [-0.2, 0) is 0 Å². The summed E-state index contributed by atoms with van der Waals surface area (Å²) in [5.41, 5.74) is 0.915. The highest BCUT2D eigenvalue weighted by molar-refractivity contribution is 6.05. The minimum Gasteiger partial charge on any atom is -0.342 e. The molecule has 2 N–H and O–H groups in total. The molecular formula is C7H6N4O. The van der Waals surface area contributed by atoms with Crippen molar-refractivity contribution in [3.05, 3.63) is 36.4 Å². The fourth-order valence-electron chi connectivity index (χ4n) is 0.905. The number of carbonyl (C=O) groups is 1. The number of carbonyl (C=O) groups excluding carboxylic acids is 1. The summed E-state index contributed by atoms with van der Waals surface area (Å²) in [6.07, 6.45) is 5.87. The van der Waals surface area contributed by atoms with Crippen LogP contribution in [0.15, 0.2) is 25.0 Å². The number of nitrogens with zero attached hydrogens (tertiary/aromatic N) is 2. The Kier molecular flexibility index (Phi) is 1.48. The van der Waals surface area contributed by atoms with Gasteiger partial charge in [0.05, 0.1) is 25.0 Å². The monoisotopic (exact) mass is 162 g/mol. The van der Waals surface area contributed by atoms with E-state index in [1.54, 1.807) is 0 Å². The molecule has 0 fully saturated rings. The Morgan fingerprint density at radius 2 is 1.58 bits per heavy atom. The second-order valence-corrected chi connectivity index (χ2v) is 2.26. The first kappa shape index (κ1) is 6.78. The van der Waals surface area contributed by atoms with Gasteiger partial charge in [-0.2, -0.15) is 0 Å². The average Bonchev–Trinajstić information content (AvgIpc) is 2.77. The molecule has 12 heavy (non-hydrogen) atoms. The topological polar surface area (TPSA) is 74.4 Å². The van der Waals surface area contributed by atoms with Crippen LogP contribution < -0.4 is 0 Å². The third kappa shape index (κ3) is 1.01. The van der Waals surface area contributed by atoms with Crippen molar-refractivity contribution in [1.82, 2.24) is 19.9 Å². The van der Waals surface area contributed by atoms with Crippen molar-refractivity contribution in [3.8, 4) is 0 Å². The fraction of sp³-hybridized carbons (Fsp3) is 0. The van der Waals surface area contributed by atoms with Crippen molar-refractivity contribution in [1.29, 1.82) is 0 Å². The summed E-state index contributed by atoms with van der Waals surface area (Å²) in [7, 11) is 0. The van der Waals surface area contributed by atoms with Gasteiger partial charge in [-0.1, -0.05) is 0 Å². The third-order valence-corrected chi connectivity index (χ3v) is 1.49. The predicted molar refractivity (Wildman–Crippen MR) is 40.6 cm³/mol. The molecule has 2 aromatic rings. The maximum atomic E-state index is 11.4. The van der Waals surface area contributed by atoms with Crippen LogP contribution in [-0.4, -0.2) is 25.7 Å². The molecule has 0 aliphatic rings. The second kappa shape index (κ2) is 2.61. The molecule has 2 rings (SSSR count). The van der Waals surface area contributed by atoms with Crippen LogP contribution >= 0.6 is 0 Å². The van der Waals surface area contributed by atoms with Crippen LogP contribution in [0.3, 0.4) is 0 Å². The first-order valence-electron chi connectivity index (χ1n) is 3.39. The molecule has 0 aliphatic carbocycles. The molecule has 5 heteroatoms. The van der Waals surface area contributed by atoms with Crippen LogP contribution in [0, 0.1) is 0 Å². The van der Waals surface area contributed by atoms with Gasteiger partial charge in [0.25, 0.3) is 0 Å². The molecule has 0 atom stereocenters. The van der Waals surface area contributed by atoms with Gasteiger partial charge < -0.3 is 9.97 Å². The Labute approximate surface area is 67.9 Å². The van der Waals surface area contributed by atoms with Crippen molar-refractivity contribution in [2.75, 3.05) is 0 Å². The van der Waals surface area contributed by atoms with Crippen molar-refractivity contribution in [2.24, 2.45) is 0 Å². The molecule has 0 unspecified atom stereocenters. The SMILES string of the molecule is O=C(c1cnc[nH]1)c1cnc[nH]1. The smallest absolute Gasteiger partial charge is 0.228 e. The molecule has 2 heterocycles. The molecule has 5 nitrogen and oxygen atoms in total. The van der Waals surface area contributed by atoms with Crippen molar-refractivity contribution in [2.45, 2.75) is 0 Å². The third-order valence-electron chi connectivity index (χ3n) is 1.49. The number of aromatic amines is 2.